The highest BCUT2D eigenvalue weighted by Gasteiger charge is 2.42. The molecule has 2 aromatic carbocycles. The van der Waals surface area contributed by atoms with Gasteiger partial charge in [-0.3, -0.25) is 0 Å². The second-order valence-electron chi connectivity index (χ2n) is 9.08. The molecule has 164 valence electrons. The van der Waals surface area contributed by atoms with E-state index >= 15 is 0 Å². The van der Waals surface area contributed by atoms with Gasteiger partial charge in [0, 0.05) is 10.8 Å². The highest BCUT2D eigenvalue weighted by Crippen LogP contribution is 2.52. The monoisotopic (exact) mass is 417 g/mol. The van der Waals surface area contributed by atoms with Crippen LogP contribution in [0.15, 0.2) is 54.6 Å². The summed E-state index contributed by atoms with van der Waals surface area (Å²) < 4.78 is 6.24. The lowest BCUT2D eigenvalue weighted by molar-refractivity contribution is -0.0103. The molecule has 0 fully saturated rings. The van der Waals surface area contributed by atoms with E-state index in [4.69, 9.17) is 9.72 Å². The quantitative estimate of drug-likeness (QED) is 0.401. The summed E-state index contributed by atoms with van der Waals surface area (Å²) in [5.41, 5.74) is 4.18. The Labute approximate surface area is 186 Å². The summed E-state index contributed by atoms with van der Waals surface area (Å²) in [6.07, 6.45) is 8.53. The molecule has 31 heavy (non-hydrogen) atoms. The second kappa shape index (κ2) is 9.82. The lowest BCUT2D eigenvalue weighted by Crippen LogP contribution is -2.34. The maximum atomic E-state index is 11.5. The molecule has 1 N–H and O–H groups in total. The maximum absolute atomic E-state index is 11.5. The van der Waals surface area contributed by atoms with Crippen molar-refractivity contribution in [1.29, 1.82) is 0 Å². The first-order valence-electron chi connectivity index (χ1n) is 11.9. The van der Waals surface area contributed by atoms with Crippen molar-refractivity contribution in [1.82, 2.24) is 4.98 Å². The highest BCUT2D eigenvalue weighted by atomic mass is 16.5. The Bertz CT molecular complexity index is 1000. The summed E-state index contributed by atoms with van der Waals surface area (Å²) in [7, 11) is 0. The van der Waals surface area contributed by atoms with Gasteiger partial charge in [-0.2, -0.15) is 0 Å². The van der Waals surface area contributed by atoms with Crippen LogP contribution in [-0.2, 0) is 13.0 Å². The Hall–Kier alpha value is -2.39. The van der Waals surface area contributed by atoms with E-state index in [0.29, 0.717) is 6.61 Å². The molecule has 0 saturated heterocycles. The Morgan fingerprint density at radius 1 is 0.968 bits per heavy atom. The van der Waals surface area contributed by atoms with Gasteiger partial charge in [-0.1, -0.05) is 75.9 Å². The van der Waals surface area contributed by atoms with Crippen molar-refractivity contribution in [3.05, 3.63) is 71.4 Å². The number of aliphatic hydroxyl groups is 1. The van der Waals surface area contributed by atoms with Gasteiger partial charge in [0.25, 0.3) is 0 Å². The molecular formula is C28H35NO2. The van der Waals surface area contributed by atoms with Crippen LogP contribution in [0.5, 0.6) is 5.75 Å². The molecule has 0 aliphatic heterocycles. The van der Waals surface area contributed by atoms with Crippen LogP contribution in [0, 0.1) is 5.41 Å². The van der Waals surface area contributed by atoms with Crippen LogP contribution in [0.2, 0.25) is 0 Å². The van der Waals surface area contributed by atoms with Gasteiger partial charge in [0.15, 0.2) is 0 Å². The summed E-state index contributed by atoms with van der Waals surface area (Å²) in [5.74, 6) is 0.895. The third kappa shape index (κ3) is 4.62. The molecule has 0 spiro atoms. The van der Waals surface area contributed by atoms with Crippen LogP contribution in [0.3, 0.4) is 0 Å². The van der Waals surface area contributed by atoms with Crippen LogP contribution in [-0.4, -0.2) is 10.1 Å². The number of aliphatic hydroxyl groups excluding tert-OH is 1. The fraction of sp³-hybridized carbons (Fsp3) is 0.464. The number of para-hydroxylation sites is 1. The molecule has 0 radical (unpaired) electrons. The smallest absolute Gasteiger partial charge is 0.130 e. The van der Waals surface area contributed by atoms with Crippen molar-refractivity contribution >= 4 is 10.9 Å². The molecule has 0 amide bonds. The maximum Gasteiger partial charge on any atom is 0.130 e. The SMILES string of the molecule is CCCCC1(CCCC)CCc2c(OCc3ccc4ccccc4n3)cccc2[C@@H]1O. The molecular weight excluding hydrogens is 382 g/mol. The Kier molecular flexibility index (Phi) is 6.92. The average Bonchev–Trinajstić information content (AvgIpc) is 2.82. The lowest BCUT2D eigenvalue weighted by atomic mass is 9.64. The van der Waals surface area contributed by atoms with Crippen molar-refractivity contribution < 1.29 is 9.84 Å². The molecule has 0 saturated carbocycles. The molecule has 3 nitrogen and oxygen atoms in total. The number of unbranched alkanes of at least 4 members (excludes halogenated alkanes) is 2. The number of benzene rings is 2. The highest BCUT2D eigenvalue weighted by molar-refractivity contribution is 5.78. The van der Waals surface area contributed by atoms with E-state index in [2.05, 4.69) is 32.0 Å². The summed E-state index contributed by atoms with van der Waals surface area (Å²) in [6, 6.07) is 18.5. The van der Waals surface area contributed by atoms with E-state index in [-0.39, 0.29) is 5.41 Å². The molecule has 1 heterocycles. The number of hydrogen-bond acceptors (Lipinski definition) is 3. The zero-order chi connectivity index (χ0) is 21.7. The van der Waals surface area contributed by atoms with Gasteiger partial charge in [0.1, 0.15) is 12.4 Å². The van der Waals surface area contributed by atoms with Crippen LogP contribution in [0.1, 0.15) is 81.7 Å². The van der Waals surface area contributed by atoms with Crippen molar-refractivity contribution in [2.75, 3.05) is 0 Å². The third-order valence-electron chi connectivity index (χ3n) is 7.00. The molecule has 1 aliphatic rings. The summed E-state index contributed by atoms with van der Waals surface area (Å²) in [4.78, 5) is 4.73. The van der Waals surface area contributed by atoms with Crippen LogP contribution in [0.25, 0.3) is 10.9 Å². The largest absolute Gasteiger partial charge is 0.487 e. The molecule has 0 bridgehead atoms. The van der Waals surface area contributed by atoms with Gasteiger partial charge < -0.3 is 9.84 Å². The molecule has 3 aromatic rings. The number of hydrogen-bond donors (Lipinski definition) is 1. The van der Waals surface area contributed by atoms with Crippen molar-refractivity contribution in [3.63, 3.8) is 0 Å². The van der Waals surface area contributed by atoms with E-state index in [1.54, 1.807) is 0 Å². The first-order chi connectivity index (χ1) is 15.2. The average molecular weight is 418 g/mol. The van der Waals surface area contributed by atoms with E-state index in [9.17, 15) is 5.11 Å². The third-order valence-corrected chi connectivity index (χ3v) is 7.00. The van der Waals surface area contributed by atoms with E-state index in [1.807, 2.05) is 36.4 Å². The van der Waals surface area contributed by atoms with Gasteiger partial charge >= 0.3 is 0 Å². The molecule has 3 heteroatoms. The standard InChI is InChI=1S/C28H35NO2/c1-3-5-17-28(18-6-4-2)19-16-23-24(27(28)30)11-9-13-26(23)31-20-22-15-14-21-10-7-8-12-25(21)29-22/h7-15,27,30H,3-6,16-20H2,1-2H3/t27-/m0/s1. The first kappa shape index (κ1) is 21.8. The predicted octanol–water partition coefficient (Wildman–Crippen LogP) is 7.16. The molecule has 4 rings (SSSR count). The zero-order valence-electron chi connectivity index (χ0n) is 18.9. The topological polar surface area (TPSA) is 42.4 Å². The summed E-state index contributed by atoms with van der Waals surface area (Å²) in [5, 5.41) is 12.6. The lowest BCUT2D eigenvalue weighted by Gasteiger charge is -2.43. The van der Waals surface area contributed by atoms with Gasteiger partial charge in [0.05, 0.1) is 17.3 Å². The van der Waals surface area contributed by atoms with E-state index in [1.165, 1.54) is 31.2 Å². The number of ether oxygens (including phenoxy) is 1. The molecule has 1 atom stereocenters. The van der Waals surface area contributed by atoms with Crippen molar-refractivity contribution in [3.8, 4) is 5.75 Å². The van der Waals surface area contributed by atoms with Crippen LogP contribution in [0.4, 0.5) is 0 Å². The molecule has 0 unspecified atom stereocenters. The minimum atomic E-state index is -0.406. The summed E-state index contributed by atoms with van der Waals surface area (Å²) >= 11 is 0. The normalized spacial score (nSPS) is 17.5. The van der Waals surface area contributed by atoms with Gasteiger partial charge in [-0.05, 0) is 55.0 Å². The number of aromatic nitrogens is 1. The van der Waals surface area contributed by atoms with E-state index < -0.39 is 6.10 Å². The minimum Gasteiger partial charge on any atom is -0.487 e. The van der Waals surface area contributed by atoms with E-state index in [0.717, 1.165) is 53.6 Å². The fourth-order valence-corrected chi connectivity index (χ4v) is 5.13. The number of pyridine rings is 1. The van der Waals surface area contributed by atoms with Crippen molar-refractivity contribution in [2.45, 2.75) is 77.9 Å². The number of nitrogens with zero attached hydrogens (tertiary/aromatic N) is 1. The minimum absolute atomic E-state index is 0.0115. The second-order valence-corrected chi connectivity index (χ2v) is 9.08. The fourth-order valence-electron chi connectivity index (χ4n) is 5.13. The van der Waals surface area contributed by atoms with Gasteiger partial charge in [0.2, 0.25) is 0 Å². The van der Waals surface area contributed by atoms with Gasteiger partial charge in [-0.15, -0.1) is 0 Å². The Morgan fingerprint density at radius 3 is 2.52 bits per heavy atom. The Balaban J connectivity index is 1.54. The van der Waals surface area contributed by atoms with Gasteiger partial charge in [-0.25, -0.2) is 4.98 Å². The molecule has 1 aliphatic carbocycles. The summed E-state index contributed by atoms with van der Waals surface area (Å²) in [6.45, 7) is 4.92. The van der Waals surface area contributed by atoms with Crippen LogP contribution < -0.4 is 4.74 Å². The molecule has 1 aromatic heterocycles. The van der Waals surface area contributed by atoms with Crippen molar-refractivity contribution in [2.24, 2.45) is 5.41 Å². The predicted molar refractivity (Wildman–Crippen MR) is 127 cm³/mol. The first-order valence-corrected chi connectivity index (χ1v) is 11.9. The zero-order valence-corrected chi connectivity index (χ0v) is 18.9. The Morgan fingerprint density at radius 2 is 1.74 bits per heavy atom. The number of fused-ring (bicyclic) bond motifs is 2. The number of rotatable bonds is 9. The van der Waals surface area contributed by atoms with Crippen LogP contribution >= 0.6 is 0 Å².